The van der Waals surface area contributed by atoms with E-state index in [4.69, 9.17) is 23.2 Å². The molecule has 0 aliphatic heterocycles. The third kappa shape index (κ3) is 2.74. The lowest BCUT2D eigenvalue weighted by molar-refractivity contribution is 0.746. The third-order valence-electron chi connectivity index (χ3n) is 2.91. The molecule has 2 rings (SSSR count). The van der Waals surface area contributed by atoms with E-state index in [2.05, 4.69) is 15.1 Å². The van der Waals surface area contributed by atoms with Gasteiger partial charge in [-0.15, -0.1) is 0 Å². The highest BCUT2D eigenvalue weighted by Crippen LogP contribution is 2.31. The number of halogens is 2. The molecule has 19 heavy (non-hydrogen) atoms. The molecule has 0 spiro atoms. The molecule has 0 aliphatic rings. The van der Waals surface area contributed by atoms with Crippen molar-refractivity contribution < 1.29 is 0 Å². The first-order valence-corrected chi connectivity index (χ1v) is 6.95. The summed E-state index contributed by atoms with van der Waals surface area (Å²) in [5, 5.41) is 5.20. The number of hydrogen-bond donors (Lipinski definition) is 0. The van der Waals surface area contributed by atoms with Gasteiger partial charge in [0.2, 0.25) is 0 Å². The van der Waals surface area contributed by atoms with Gasteiger partial charge in [0, 0.05) is 18.8 Å². The van der Waals surface area contributed by atoms with E-state index in [9.17, 15) is 0 Å². The second-order valence-corrected chi connectivity index (χ2v) is 5.43. The first-order valence-electron chi connectivity index (χ1n) is 6.19. The van der Waals surface area contributed by atoms with Crippen LogP contribution < -0.4 is 0 Å². The molecular formula is C13H16Cl2N4. The smallest absolute Gasteiger partial charge is 0.165 e. The lowest BCUT2D eigenvalue weighted by Gasteiger charge is -2.10. The zero-order valence-corrected chi connectivity index (χ0v) is 12.9. The highest BCUT2D eigenvalue weighted by molar-refractivity contribution is 6.34. The fourth-order valence-corrected chi connectivity index (χ4v) is 2.82. The van der Waals surface area contributed by atoms with Gasteiger partial charge in [-0.2, -0.15) is 5.10 Å². The Morgan fingerprint density at radius 3 is 2.26 bits per heavy atom. The number of nitrogens with zero attached hydrogens (tertiary/aromatic N) is 4. The second-order valence-electron chi connectivity index (χ2n) is 4.71. The van der Waals surface area contributed by atoms with E-state index >= 15 is 0 Å². The zero-order valence-electron chi connectivity index (χ0n) is 11.4. The van der Waals surface area contributed by atoms with E-state index in [0.717, 1.165) is 23.2 Å². The van der Waals surface area contributed by atoms with E-state index < -0.39 is 0 Å². The molecule has 0 saturated carbocycles. The van der Waals surface area contributed by atoms with E-state index in [1.165, 1.54) is 0 Å². The summed E-state index contributed by atoms with van der Waals surface area (Å²) in [7, 11) is 1.87. The van der Waals surface area contributed by atoms with E-state index in [-0.39, 0.29) is 5.92 Å². The molecule has 2 aromatic heterocycles. The minimum absolute atomic E-state index is 0.189. The van der Waals surface area contributed by atoms with Gasteiger partial charge >= 0.3 is 0 Å². The Bertz CT molecular complexity index is 582. The minimum atomic E-state index is 0.189. The van der Waals surface area contributed by atoms with Gasteiger partial charge in [0.05, 0.1) is 11.3 Å². The summed E-state index contributed by atoms with van der Waals surface area (Å²) in [5.41, 5.74) is 2.60. The summed E-state index contributed by atoms with van der Waals surface area (Å²) in [5.74, 6) is 0.720. The normalized spacial score (nSPS) is 11.3. The predicted octanol–water partition coefficient (Wildman–Crippen LogP) is 3.87. The van der Waals surface area contributed by atoms with Gasteiger partial charge in [-0.1, -0.05) is 44.0 Å². The van der Waals surface area contributed by atoms with Gasteiger partial charge in [0.15, 0.2) is 5.82 Å². The van der Waals surface area contributed by atoms with Crippen molar-refractivity contribution in [3.8, 4) is 11.4 Å². The van der Waals surface area contributed by atoms with Crippen LogP contribution in [0.4, 0.5) is 0 Å². The summed E-state index contributed by atoms with van der Waals surface area (Å²) in [6, 6.07) is 0. The van der Waals surface area contributed by atoms with Crippen LogP contribution in [0.5, 0.6) is 0 Å². The van der Waals surface area contributed by atoms with E-state index in [0.29, 0.717) is 16.1 Å². The maximum atomic E-state index is 6.22. The molecule has 0 N–H and O–H groups in total. The highest BCUT2D eigenvalue weighted by atomic mass is 35.5. The predicted molar refractivity (Wildman–Crippen MR) is 77.7 cm³/mol. The van der Waals surface area contributed by atoms with Gasteiger partial charge < -0.3 is 0 Å². The number of aromatic nitrogens is 4. The van der Waals surface area contributed by atoms with Crippen molar-refractivity contribution in [3.05, 3.63) is 27.8 Å². The number of rotatable bonds is 3. The van der Waals surface area contributed by atoms with Gasteiger partial charge in [-0.25, -0.2) is 9.97 Å². The fraction of sp³-hybridized carbons (Fsp3) is 0.462. The Labute approximate surface area is 122 Å². The Kier molecular flexibility index (Phi) is 4.11. The summed E-state index contributed by atoms with van der Waals surface area (Å²) in [6.45, 7) is 6.06. The van der Waals surface area contributed by atoms with Gasteiger partial charge in [-0.3, -0.25) is 4.68 Å². The third-order valence-corrected chi connectivity index (χ3v) is 3.49. The van der Waals surface area contributed by atoms with Crippen molar-refractivity contribution in [2.75, 3.05) is 0 Å². The maximum absolute atomic E-state index is 6.22. The van der Waals surface area contributed by atoms with Crippen LogP contribution in [0.15, 0.2) is 6.20 Å². The van der Waals surface area contributed by atoms with Crippen LogP contribution in [0.25, 0.3) is 11.4 Å². The Hall–Kier alpha value is -1.13. The molecule has 4 nitrogen and oxygen atoms in total. The average molecular weight is 299 g/mol. The molecule has 0 radical (unpaired) electrons. The number of hydrogen-bond acceptors (Lipinski definition) is 3. The maximum Gasteiger partial charge on any atom is 0.165 e. The molecule has 0 amide bonds. The molecular weight excluding hydrogens is 283 g/mol. The fourth-order valence-electron chi connectivity index (χ4n) is 2.00. The summed E-state index contributed by atoms with van der Waals surface area (Å²) < 4.78 is 1.75. The SMILES string of the molecule is CCc1nn(C)cc1-c1nc(Cl)c(C(C)C)c(Cl)n1. The van der Waals surface area contributed by atoms with E-state index in [1.54, 1.807) is 4.68 Å². The molecule has 0 bridgehead atoms. The standard InChI is InChI=1S/C13H16Cl2N4/c1-5-9-8(6-19(4)18-9)13-16-11(14)10(7(2)3)12(15)17-13/h6-7H,5H2,1-4H3. The van der Waals surface area contributed by atoms with Crippen LogP contribution >= 0.6 is 23.2 Å². The Morgan fingerprint density at radius 1 is 1.21 bits per heavy atom. The first kappa shape index (κ1) is 14.3. The van der Waals surface area contributed by atoms with Crippen LogP contribution in [0.2, 0.25) is 10.3 Å². The molecule has 6 heteroatoms. The van der Waals surface area contributed by atoms with Crippen molar-refractivity contribution in [1.29, 1.82) is 0 Å². The van der Waals surface area contributed by atoms with Crippen LogP contribution in [0.1, 0.15) is 37.9 Å². The highest BCUT2D eigenvalue weighted by Gasteiger charge is 2.18. The lowest BCUT2D eigenvalue weighted by Crippen LogP contribution is -2.00. The second kappa shape index (κ2) is 5.47. The number of aryl methyl sites for hydroxylation is 2. The Morgan fingerprint density at radius 2 is 1.79 bits per heavy atom. The van der Waals surface area contributed by atoms with E-state index in [1.807, 2.05) is 34.0 Å². The quantitative estimate of drug-likeness (QED) is 0.808. The topological polar surface area (TPSA) is 43.6 Å². The molecule has 0 saturated heterocycles. The largest absolute Gasteiger partial charge is 0.275 e. The van der Waals surface area contributed by atoms with Crippen molar-refractivity contribution >= 4 is 23.2 Å². The summed E-state index contributed by atoms with van der Waals surface area (Å²) >= 11 is 12.4. The van der Waals surface area contributed by atoms with Crippen molar-refractivity contribution in [3.63, 3.8) is 0 Å². The summed E-state index contributed by atoms with van der Waals surface area (Å²) in [6.07, 6.45) is 2.69. The van der Waals surface area contributed by atoms with Crippen molar-refractivity contribution in [2.45, 2.75) is 33.1 Å². The minimum Gasteiger partial charge on any atom is -0.275 e. The molecule has 102 valence electrons. The molecule has 0 aromatic carbocycles. The first-order chi connectivity index (χ1) is 8.93. The van der Waals surface area contributed by atoms with Crippen LogP contribution in [0, 0.1) is 0 Å². The van der Waals surface area contributed by atoms with Crippen LogP contribution in [-0.4, -0.2) is 19.7 Å². The van der Waals surface area contributed by atoms with Gasteiger partial charge in [-0.05, 0) is 12.3 Å². The van der Waals surface area contributed by atoms with Crippen molar-refractivity contribution in [1.82, 2.24) is 19.7 Å². The Balaban J connectivity index is 2.58. The molecule has 0 aliphatic carbocycles. The molecule has 0 fully saturated rings. The van der Waals surface area contributed by atoms with Crippen LogP contribution in [0.3, 0.4) is 0 Å². The zero-order chi connectivity index (χ0) is 14.2. The molecule has 0 atom stereocenters. The van der Waals surface area contributed by atoms with Gasteiger partial charge in [0.1, 0.15) is 10.3 Å². The van der Waals surface area contributed by atoms with Gasteiger partial charge in [0.25, 0.3) is 0 Å². The van der Waals surface area contributed by atoms with Crippen molar-refractivity contribution in [2.24, 2.45) is 7.05 Å². The monoisotopic (exact) mass is 298 g/mol. The molecule has 2 aromatic rings. The molecule has 2 heterocycles. The van der Waals surface area contributed by atoms with Crippen LogP contribution in [-0.2, 0) is 13.5 Å². The summed E-state index contributed by atoms with van der Waals surface area (Å²) in [4.78, 5) is 8.73. The average Bonchev–Trinajstić information content (AvgIpc) is 2.69. The molecule has 0 unspecified atom stereocenters. The lowest BCUT2D eigenvalue weighted by atomic mass is 10.1.